The van der Waals surface area contributed by atoms with Crippen LogP contribution in [0.25, 0.3) is 0 Å². The highest BCUT2D eigenvalue weighted by Gasteiger charge is 2.23. The summed E-state index contributed by atoms with van der Waals surface area (Å²) >= 11 is 0. The Morgan fingerprint density at radius 3 is 2.04 bits per heavy atom. The maximum atomic E-state index is 11.3. The van der Waals surface area contributed by atoms with E-state index in [2.05, 4.69) is 11.5 Å². The first-order chi connectivity index (χ1) is 10.6. The molecule has 0 aliphatic carbocycles. The van der Waals surface area contributed by atoms with Crippen molar-refractivity contribution in [3.63, 3.8) is 0 Å². The van der Waals surface area contributed by atoms with E-state index in [9.17, 15) is 34.8 Å². The van der Waals surface area contributed by atoms with Gasteiger partial charge >= 0.3 is 0 Å². The van der Waals surface area contributed by atoms with Crippen molar-refractivity contribution in [2.45, 2.75) is 30.8 Å². The van der Waals surface area contributed by atoms with Gasteiger partial charge in [0.25, 0.3) is 0 Å². The van der Waals surface area contributed by atoms with Gasteiger partial charge in [-0.2, -0.15) is 0 Å². The zero-order chi connectivity index (χ0) is 17.7. The number of phenols is 1. The summed E-state index contributed by atoms with van der Waals surface area (Å²) in [4.78, 5) is 32.7. The van der Waals surface area contributed by atoms with E-state index in [1.807, 2.05) is 0 Å². The minimum Gasteiger partial charge on any atom is -0.549 e. The second-order valence-corrected chi connectivity index (χ2v) is 5.24. The molecule has 0 amide bonds. The molecular weight excluding hydrogens is 308 g/mol. The van der Waals surface area contributed by atoms with Gasteiger partial charge in [-0.15, -0.1) is 0 Å². The lowest BCUT2D eigenvalue weighted by Gasteiger charge is -2.22. The van der Waals surface area contributed by atoms with E-state index < -0.39 is 42.3 Å². The molecule has 0 fully saturated rings. The molecule has 23 heavy (non-hydrogen) atoms. The van der Waals surface area contributed by atoms with Crippen molar-refractivity contribution in [1.29, 1.82) is 0 Å². The molecule has 9 nitrogen and oxygen atoms in total. The molecule has 3 unspecified atom stereocenters. The maximum absolute atomic E-state index is 11.3. The van der Waals surface area contributed by atoms with Crippen molar-refractivity contribution in [3.05, 3.63) is 29.3 Å². The van der Waals surface area contributed by atoms with Gasteiger partial charge < -0.3 is 46.3 Å². The smallest absolute Gasteiger partial charge is 0.129 e. The van der Waals surface area contributed by atoms with Gasteiger partial charge in [0.2, 0.25) is 0 Å². The van der Waals surface area contributed by atoms with E-state index in [1.165, 1.54) is 18.2 Å². The average Bonchev–Trinajstić information content (AvgIpc) is 2.46. The van der Waals surface area contributed by atoms with Crippen LogP contribution in [0.1, 0.15) is 23.5 Å². The largest absolute Gasteiger partial charge is 0.549 e. The average molecular weight is 325 g/mol. The Morgan fingerprint density at radius 2 is 1.57 bits per heavy atom. The zero-order valence-electron chi connectivity index (χ0n) is 12.2. The number of carboxylic acids is 3. The highest BCUT2D eigenvalue weighted by molar-refractivity contribution is 5.77. The van der Waals surface area contributed by atoms with Crippen LogP contribution in [-0.4, -0.2) is 35.1 Å². The van der Waals surface area contributed by atoms with Crippen molar-refractivity contribution >= 4 is 17.9 Å². The van der Waals surface area contributed by atoms with Crippen LogP contribution in [0.5, 0.6) is 5.75 Å². The van der Waals surface area contributed by atoms with Crippen LogP contribution in [-0.2, 0) is 20.8 Å². The highest BCUT2D eigenvalue weighted by Crippen LogP contribution is 2.29. The molecule has 7 N–H and O–H groups in total. The molecule has 0 bridgehead atoms. The summed E-state index contributed by atoms with van der Waals surface area (Å²) in [5.74, 6) is -6.28. The Morgan fingerprint density at radius 1 is 1.00 bits per heavy atom. The highest BCUT2D eigenvalue weighted by atomic mass is 16.4. The maximum Gasteiger partial charge on any atom is 0.129 e. The third-order valence-corrected chi connectivity index (χ3v) is 3.42. The summed E-state index contributed by atoms with van der Waals surface area (Å²) in [5, 5.41) is 42.5. The molecule has 1 aromatic carbocycles. The molecule has 0 aromatic heterocycles. The molecule has 0 saturated heterocycles. The fourth-order valence-electron chi connectivity index (χ4n) is 2.11. The number of hydrogen-bond donors (Lipinski definition) is 3. The lowest BCUT2D eigenvalue weighted by molar-refractivity contribution is -0.439. The van der Waals surface area contributed by atoms with Gasteiger partial charge in [0.15, 0.2) is 0 Å². The molecule has 0 heterocycles. The third kappa shape index (κ3) is 4.94. The van der Waals surface area contributed by atoms with Gasteiger partial charge in [0, 0.05) is 30.3 Å². The van der Waals surface area contributed by atoms with Gasteiger partial charge in [-0.25, -0.2) is 0 Å². The van der Waals surface area contributed by atoms with Crippen LogP contribution in [0, 0.1) is 0 Å². The topological polar surface area (TPSA) is 196 Å². The van der Waals surface area contributed by atoms with Gasteiger partial charge in [0.05, 0.1) is 11.9 Å². The number of rotatable bonds is 8. The van der Waals surface area contributed by atoms with Crippen molar-refractivity contribution in [3.8, 4) is 5.75 Å². The fraction of sp³-hybridized carbons (Fsp3) is 0.357. The number of carbonyl (C=O) groups is 3. The first-order valence-corrected chi connectivity index (χ1v) is 6.74. The molecule has 9 heteroatoms. The summed E-state index contributed by atoms with van der Waals surface area (Å²) in [6.45, 7) is 0. The van der Waals surface area contributed by atoms with Crippen molar-refractivity contribution in [2.24, 2.45) is 0 Å². The Hall–Kier alpha value is -2.65. The van der Waals surface area contributed by atoms with E-state index in [-0.39, 0.29) is 17.7 Å². The molecular formula is C14H17N2O7-. The predicted octanol–water partition coefficient (Wildman–Crippen LogP) is -6.12. The molecule has 126 valence electrons. The minimum atomic E-state index is -1.58. The number of benzene rings is 1. The summed E-state index contributed by atoms with van der Waals surface area (Å²) in [5.41, 5.74) is 6.99. The van der Waals surface area contributed by atoms with E-state index in [4.69, 9.17) is 0 Å². The first-order valence-electron chi connectivity index (χ1n) is 6.74. The number of quaternary nitrogens is 2. The van der Waals surface area contributed by atoms with Gasteiger partial charge in [-0.1, -0.05) is 12.1 Å². The van der Waals surface area contributed by atoms with E-state index in [0.29, 0.717) is 5.56 Å². The lowest BCUT2D eigenvalue weighted by atomic mass is 9.89. The Balaban J connectivity index is 3.13. The van der Waals surface area contributed by atoms with Crippen LogP contribution >= 0.6 is 0 Å². The second-order valence-electron chi connectivity index (χ2n) is 5.24. The van der Waals surface area contributed by atoms with Crippen LogP contribution in [0.3, 0.4) is 0 Å². The normalized spacial score (nSPS) is 14.7. The quantitative estimate of drug-likeness (QED) is 0.422. The minimum absolute atomic E-state index is 0.0380. The summed E-state index contributed by atoms with van der Waals surface area (Å²) in [6, 6.07) is 1.51. The van der Waals surface area contributed by atoms with Gasteiger partial charge in [0.1, 0.15) is 17.8 Å². The van der Waals surface area contributed by atoms with Gasteiger partial charge in [-0.05, 0) is 11.6 Å². The monoisotopic (exact) mass is 325 g/mol. The zero-order valence-corrected chi connectivity index (χ0v) is 12.2. The number of phenolic OH excluding ortho intramolecular Hbond substituents is 1. The summed E-state index contributed by atoms with van der Waals surface area (Å²) in [7, 11) is 0. The first kappa shape index (κ1) is 18.4. The molecule has 1 rings (SSSR count). The Kier molecular flexibility index (Phi) is 6.05. The molecule has 3 atom stereocenters. The van der Waals surface area contributed by atoms with Crippen molar-refractivity contribution in [1.82, 2.24) is 0 Å². The van der Waals surface area contributed by atoms with Crippen LogP contribution in [0.2, 0.25) is 0 Å². The number of aromatic hydroxyl groups is 1. The van der Waals surface area contributed by atoms with Gasteiger partial charge in [-0.3, -0.25) is 0 Å². The Bertz CT molecular complexity index is 617. The molecule has 1 aromatic rings. The molecule has 0 aliphatic heterocycles. The van der Waals surface area contributed by atoms with Crippen LogP contribution in [0.4, 0.5) is 0 Å². The standard InChI is InChI=1S/C14H18N2O7/c15-9(13(20)21)4-6-1-2-11(17)7(3-6)8(12(18)19)5-10(16)14(22)23/h1-3,8-10,17H,4-5,15-16H2,(H,18,19)(H,20,21)(H,22,23)/p-1. The molecule has 0 saturated carbocycles. The van der Waals surface area contributed by atoms with Crippen LogP contribution in [0.15, 0.2) is 18.2 Å². The van der Waals surface area contributed by atoms with E-state index in [1.54, 1.807) is 0 Å². The molecule has 0 radical (unpaired) electrons. The van der Waals surface area contributed by atoms with Crippen molar-refractivity contribution < 1.29 is 46.3 Å². The number of hydrogen-bond acceptors (Lipinski definition) is 7. The number of carboxylic acid groups (broad SMARTS) is 3. The lowest BCUT2D eigenvalue weighted by Crippen LogP contribution is -2.69. The predicted molar refractivity (Wildman–Crippen MR) is 67.5 cm³/mol. The SMILES string of the molecule is [NH3+]C(Cc1ccc(O)c(C(CC([NH3+])C(=O)[O-])C(=O)[O-])c1)C(=O)[O-]. The molecule has 0 spiro atoms. The fourth-order valence-corrected chi connectivity index (χ4v) is 2.11. The third-order valence-electron chi connectivity index (χ3n) is 3.42. The van der Waals surface area contributed by atoms with E-state index in [0.717, 1.165) is 0 Å². The Labute approximate surface area is 131 Å². The van der Waals surface area contributed by atoms with E-state index >= 15 is 0 Å². The molecule has 0 aliphatic rings. The number of carbonyl (C=O) groups excluding carboxylic acids is 3. The van der Waals surface area contributed by atoms with Crippen LogP contribution < -0.4 is 26.8 Å². The van der Waals surface area contributed by atoms with Crippen molar-refractivity contribution in [2.75, 3.05) is 0 Å². The second kappa shape index (κ2) is 7.56. The summed E-state index contributed by atoms with van der Waals surface area (Å²) < 4.78 is 0. The number of aliphatic carboxylic acids is 3. The summed E-state index contributed by atoms with van der Waals surface area (Å²) in [6.07, 6.45) is -0.473.